The third-order valence-electron chi connectivity index (χ3n) is 9.98. The molecule has 1 aliphatic carbocycles. The average molecular weight is 633 g/mol. The maximum absolute atomic E-state index is 14.8. The van der Waals surface area contributed by atoms with Crippen molar-refractivity contribution in [1.29, 1.82) is 0 Å². The molecule has 13 heteroatoms. The van der Waals surface area contributed by atoms with E-state index < -0.39 is 17.7 Å². The number of carbonyl (C=O) groups excluding carboxylic acids is 1. The van der Waals surface area contributed by atoms with Crippen LogP contribution in [0.3, 0.4) is 0 Å². The molecule has 6 heterocycles. The number of para-hydroxylation sites is 1. The van der Waals surface area contributed by atoms with Gasteiger partial charge in [-0.25, -0.2) is 33.4 Å². The Morgan fingerprint density at radius 2 is 1.83 bits per heavy atom. The number of nitrogens with one attached hydrogen (secondary N) is 1. The Hall–Kier alpha value is -5.46. The Balaban J connectivity index is 1.14. The van der Waals surface area contributed by atoms with Crippen LogP contribution in [-0.2, 0) is 4.79 Å². The summed E-state index contributed by atoms with van der Waals surface area (Å²) < 4.78 is 32.1. The highest BCUT2D eigenvalue weighted by atomic mass is 19.1. The summed E-state index contributed by atoms with van der Waals surface area (Å²) in [6, 6.07) is 15.0. The van der Waals surface area contributed by atoms with Crippen molar-refractivity contribution < 1.29 is 13.6 Å². The van der Waals surface area contributed by atoms with Crippen LogP contribution in [0.2, 0.25) is 0 Å². The number of aromatic nitrogens is 7. The highest BCUT2D eigenvalue weighted by Crippen LogP contribution is 2.39. The summed E-state index contributed by atoms with van der Waals surface area (Å²) in [4.78, 5) is 37.2. The summed E-state index contributed by atoms with van der Waals surface area (Å²) in [6.45, 7) is 0.466. The first-order chi connectivity index (χ1) is 22.9. The van der Waals surface area contributed by atoms with Crippen LogP contribution >= 0.6 is 0 Å². The smallest absolute Gasteiger partial charge is 0.245 e. The van der Waals surface area contributed by atoms with Crippen molar-refractivity contribution in [1.82, 2.24) is 39.2 Å². The highest BCUT2D eigenvalue weighted by Gasteiger charge is 2.43. The molecular weight excluding hydrogens is 602 g/mol. The second-order valence-electron chi connectivity index (χ2n) is 12.6. The first kappa shape index (κ1) is 27.8. The molecule has 11 nitrogen and oxygen atoms in total. The molecular formula is C34H30F2N10O. The van der Waals surface area contributed by atoms with Crippen LogP contribution in [0.5, 0.6) is 0 Å². The number of carbonyl (C=O) groups is 1. The monoisotopic (exact) mass is 632 g/mol. The molecule has 2 aliphatic heterocycles. The number of rotatable bonds is 2. The number of fused-ring (bicyclic) bond motifs is 9. The van der Waals surface area contributed by atoms with Gasteiger partial charge < -0.3 is 19.7 Å². The molecule has 4 aromatic heterocycles. The van der Waals surface area contributed by atoms with Crippen molar-refractivity contribution in [2.24, 2.45) is 0 Å². The molecule has 6 bridgehead atoms. The highest BCUT2D eigenvalue weighted by molar-refractivity contribution is 5.93. The zero-order chi connectivity index (χ0) is 31.8. The molecule has 2 fully saturated rings. The second kappa shape index (κ2) is 10.5. The Bertz CT molecular complexity index is 2200. The summed E-state index contributed by atoms with van der Waals surface area (Å²) in [5.74, 6) is -0.188. The maximum Gasteiger partial charge on any atom is 0.245 e. The van der Waals surface area contributed by atoms with Crippen LogP contribution in [0.25, 0.3) is 39.0 Å². The molecule has 0 spiro atoms. The van der Waals surface area contributed by atoms with E-state index in [1.54, 1.807) is 6.20 Å². The fourth-order valence-electron chi connectivity index (χ4n) is 7.70. The Labute approximate surface area is 267 Å². The van der Waals surface area contributed by atoms with E-state index in [4.69, 9.17) is 9.97 Å². The molecule has 1 N–H and O–H groups in total. The lowest BCUT2D eigenvalue weighted by atomic mass is 10.1. The van der Waals surface area contributed by atoms with Gasteiger partial charge in [-0.05, 0) is 56.0 Å². The predicted molar refractivity (Wildman–Crippen MR) is 172 cm³/mol. The zero-order valence-electron chi connectivity index (χ0n) is 25.5. The molecule has 1 saturated heterocycles. The normalized spacial score (nSPS) is 22.5. The Morgan fingerprint density at radius 3 is 2.72 bits per heavy atom. The minimum atomic E-state index is -0.757. The van der Waals surface area contributed by atoms with Crippen molar-refractivity contribution in [3.8, 4) is 16.9 Å². The lowest BCUT2D eigenvalue weighted by Gasteiger charge is -2.32. The third-order valence-corrected chi connectivity index (χ3v) is 9.98. The van der Waals surface area contributed by atoms with Crippen LogP contribution in [0.1, 0.15) is 31.7 Å². The first-order valence-corrected chi connectivity index (χ1v) is 15.8. The Morgan fingerprint density at radius 1 is 0.957 bits per heavy atom. The van der Waals surface area contributed by atoms with Crippen molar-refractivity contribution >= 4 is 39.6 Å². The second-order valence-corrected chi connectivity index (χ2v) is 12.6. The average Bonchev–Trinajstić information content (AvgIpc) is 3.89. The van der Waals surface area contributed by atoms with Gasteiger partial charge in [0.25, 0.3) is 0 Å². The molecule has 1 saturated carbocycles. The summed E-state index contributed by atoms with van der Waals surface area (Å²) in [5, 5.41) is 8.56. The van der Waals surface area contributed by atoms with Crippen molar-refractivity contribution in [3.05, 3.63) is 85.1 Å². The van der Waals surface area contributed by atoms with Gasteiger partial charge in [0.1, 0.15) is 35.5 Å². The Kier molecular flexibility index (Phi) is 6.24. The van der Waals surface area contributed by atoms with Gasteiger partial charge in [-0.1, -0.05) is 18.2 Å². The molecule has 1 unspecified atom stereocenters. The van der Waals surface area contributed by atoms with Gasteiger partial charge in [-0.2, -0.15) is 5.10 Å². The maximum atomic E-state index is 14.8. The summed E-state index contributed by atoms with van der Waals surface area (Å²) in [5.41, 5.74) is 4.29. The molecule has 3 aliphatic rings. The van der Waals surface area contributed by atoms with E-state index in [9.17, 15) is 13.6 Å². The van der Waals surface area contributed by atoms with Crippen molar-refractivity contribution in [2.45, 2.75) is 49.9 Å². The molecule has 6 aromatic rings. The summed E-state index contributed by atoms with van der Waals surface area (Å²) in [7, 11) is 1.90. The van der Waals surface area contributed by atoms with Crippen LogP contribution in [-0.4, -0.2) is 76.8 Å². The quantitative estimate of drug-likeness (QED) is 0.280. The summed E-state index contributed by atoms with van der Waals surface area (Å²) in [6.07, 6.45) is 8.04. The van der Waals surface area contributed by atoms with Crippen molar-refractivity contribution in [3.63, 3.8) is 0 Å². The SMILES string of the molecule is CN1C(=O)[C@@H]2CC(CN2c2ncnc3c2cnn3-c2ccc(F)cc2F)Nc2cccc(n2)-c2cccc3ncn(c23)[C@H]2CC[C@H]1C2. The van der Waals surface area contributed by atoms with Gasteiger partial charge in [0, 0.05) is 43.3 Å². The number of hydrogen-bond acceptors (Lipinski definition) is 8. The largest absolute Gasteiger partial charge is 0.365 e. The fourth-order valence-corrected chi connectivity index (χ4v) is 7.70. The lowest BCUT2D eigenvalue weighted by Crippen LogP contribution is -2.47. The van der Waals surface area contributed by atoms with Gasteiger partial charge in [0.2, 0.25) is 5.91 Å². The lowest BCUT2D eigenvalue weighted by molar-refractivity contribution is -0.133. The van der Waals surface area contributed by atoms with Crippen LogP contribution in [0, 0.1) is 11.6 Å². The van der Waals surface area contributed by atoms with Crippen LogP contribution in [0.15, 0.2) is 73.4 Å². The van der Waals surface area contributed by atoms with Gasteiger partial charge in [-0.15, -0.1) is 0 Å². The molecule has 0 radical (unpaired) electrons. The predicted octanol–water partition coefficient (Wildman–Crippen LogP) is 5.13. The number of hydrogen-bond donors (Lipinski definition) is 1. The number of halogens is 2. The number of imidazole rings is 1. The van der Waals surface area contributed by atoms with E-state index in [2.05, 4.69) is 31.0 Å². The number of pyridine rings is 1. The van der Waals surface area contributed by atoms with Crippen molar-refractivity contribution in [2.75, 3.05) is 23.8 Å². The molecule has 1 amide bonds. The number of anilines is 2. The van der Waals surface area contributed by atoms with E-state index in [1.165, 1.54) is 23.1 Å². The minimum Gasteiger partial charge on any atom is -0.365 e. The molecule has 2 aromatic carbocycles. The molecule has 47 heavy (non-hydrogen) atoms. The van der Waals surface area contributed by atoms with Crippen LogP contribution < -0.4 is 10.2 Å². The number of benzene rings is 2. The standard InChI is InChI=1S/C34H30F2N10O/c1-43-21-9-10-22(14-21)45-18-39-27-6-2-4-23(31(27)45)26-5-3-7-30(42-26)41-20-13-29(34(43)47)44(16-20)32-24-15-40-46(33(24)38-17-37-32)28-11-8-19(35)12-25(28)36/h2-8,11-12,15,17-18,20-22,29H,9-10,13-14,16H2,1H3,(H,41,42)/t20?,21-,22-,29-/m0/s1. The minimum absolute atomic E-state index is 0.0106. The van der Waals surface area contributed by atoms with E-state index in [0.29, 0.717) is 35.6 Å². The number of nitrogens with zero attached hydrogens (tertiary/aromatic N) is 9. The molecule has 4 atom stereocenters. The summed E-state index contributed by atoms with van der Waals surface area (Å²) >= 11 is 0. The van der Waals surface area contributed by atoms with E-state index in [1.807, 2.05) is 53.5 Å². The van der Waals surface area contributed by atoms with Gasteiger partial charge in [-0.3, -0.25) is 4.79 Å². The van der Waals surface area contributed by atoms with Gasteiger partial charge >= 0.3 is 0 Å². The van der Waals surface area contributed by atoms with Gasteiger partial charge in [0.15, 0.2) is 11.5 Å². The fraction of sp³-hybridized carbons (Fsp3) is 0.294. The number of amides is 1. The topological polar surface area (TPSA) is 110 Å². The first-order valence-electron chi connectivity index (χ1n) is 15.8. The van der Waals surface area contributed by atoms with E-state index >= 15 is 0 Å². The molecule has 236 valence electrons. The van der Waals surface area contributed by atoms with Gasteiger partial charge in [0.05, 0.1) is 34.6 Å². The van der Waals surface area contributed by atoms with Crippen LogP contribution in [0.4, 0.5) is 20.4 Å². The molecule has 9 rings (SSSR count). The van der Waals surface area contributed by atoms with E-state index in [-0.39, 0.29) is 29.7 Å². The zero-order valence-corrected chi connectivity index (χ0v) is 25.5. The number of likely N-dealkylation sites (N-methyl/N-ethyl adjacent to an activating group) is 1. The third kappa shape index (κ3) is 4.43. The van der Waals surface area contributed by atoms with E-state index in [0.717, 1.165) is 47.6 Å².